The molecule has 0 saturated carbocycles. The predicted octanol–water partition coefficient (Wildman–Crippen LogP) is 12.1. The first-order chi connectivity index (χ1) is 32.1. The predicted molar refractivity (Wildman–Crippen MR) is 266 cm³/mol. The van der Waals surface area contributed by atoms with Gasteiger partial charge in [-0.15, -0.1) is 0 Å². The van der Waals surface area contributed by atoms with E-state index in [4.69, 9.17) is 18.9 Å². The molecule has 13 heteroatoms. The average molecular weight is 955 g/mol. The zero-order valence-corrected chi connectivity index (χ0v) is 42.1. The third kappa shape index (κ3) is 36.8. The van der Waals surface area contributed by atoms with Crippen LogP contribution in [0.5, 0.6) is 0 Å². The SMILES string of the molecule is CC/C=C\C/C=C\C/C=C\CCCCCC(=O)OC(COCCCCCCCCCCCCCCCC/C=C\C/C=C\CCCCCCC)COC1OC(CO)C(O)C(OS(=O)(=O)O)C1O. The Kier molecular flexibility index (Phi) is 41.2. The lowest BCUT2D eigenvalue weighted by Crippen LogP contribution is -2.60. The van der Waals surface area contributed by atoms with E-state index in [9.17, 15) is 33.1 Å². The molecule has 6 unspecified atom stereocenters. The van der Waals surface area contributed by atoms with Crippen LogP contribution in [0.2, 0.25) is 0 Å². The Hall–Kier alpha value is -2.20. The molecule has 0 spiro atoms. The van der Waals surface area contributed by atoms with Crippen molar-refractivity contribution >= 4 is 16.4 Å². The van der Waals surface area contributed by atoms with Gasteiger partial charge in [-0.25, -0.2) is 4.18 Å². The maximum absolute atomic E-state index is 12.9. The van der Waals surface area contributed by atoms with E-state index >= 15 is 0 Å². The number of aliphatic hydroxyl groups excluding tert-OH is 3. The number of unbranched alkanes of at least 4 members (excludes halogenated alkanes) is 22. The molecule has 0 amide bonds. The van der Waals surface area contributed by atoms with E-state index < -0.39 is 59.8 Å². The standard InChI is InChI=1S/C53H94O12S/c1-3-5-7-9-11-13-15-17-18-19-20-21-22-23-24-25-26-27-28-29-31-33-35-37-39-41-43-61-45-47(46-62-53-51(57)52(65-66(58,59)60)50(56)48(44-54)64-53)63-49(55)42-40-38-36-34-32-30-16-14-12-10-8-6-4-2/h6,8,12,14-15,17,19-20,30,32,47-48,50-54,56-57H,3-5,7,9-11,13,16,18,21-29,31,33-46H2,1-2H3,(H,58,59,60)/b8-6-,14-12-,17-15-,20-19-,32-30-. The van der Waals surface area contributed by atoms with Gasteiger partial charge in [0, 0.05) is 13.0 Å². The summed E-state index contributed by atoms with van der Waals surface area (Å²) in [7, 11) is -5.07. The van der Waals surface area contributed by atoms with Crippen molar-refractivity contribution < 1.29 is 56.2 Å². The molecule has 0 aromatic carbocycles. The Morgan fingerprint density at radius 1 is 0.591 bits per heavy atom. The number of carbonyl (C=O) groups excluding carboxylic acids is 1. The second-order valence-corrected chi connectivity index (χ2v) is 18.8. The van der Waals surface area contributed by atoms with E-state index in [0.717, 1.165) is 64.2 Å². The topological polar surface area (TPSA) is 178 Å². The summed E-state index contributed by atoms with van der Waals surface area (Å²) in [6.07, 6.45) is 47.0. The van der Waals surface area contributed by atoms with E-state index in [1.165, 1.54) is 116 Å². The number of hydrogen-bond acceptors (Lipinski definition) is 11. The summed E-state index contributed by atoms with van der Waals surface area (Å²) in [5, 5.41) is 30.7. The zero-order valence-electron chi connectivity index (χ0n) is 41.2. The fraction of sp³-hybridized carbons (Fsp3) is 0.792. The molecule has 1 fully saturated rings. The van der Waals surface area contributed by atoms with E-state index in [1.807, 2.05) is 0 Å². The van der Waals surface area contributed by atoms with Crippen molar-refractivity contribution in [1.82, 2.24) is 0 Å². The van der Waals surface area contributed by atoms with Crippen LogP contribution in [0.4, 0.5) is 0 Å². The van der Waals surface area contributed by atoms with Gasteiger partial charge in [-0.1, -0.05) is 184 Å². The third-order valence-corrected chi connectivity index (χ3v) is 12.1. The fourth-order valence-corrected chi connectivity index (χ4v) is 8.23. The van der Waals surface area contributed by atoms with Crippen molar-refractivity contribution in [2.24, 2.45) is 0 Å². The van der Waals surface area contributed by atoms with Gasteiger partial charge in [-0.3, -0.25) is 9.35 Å². The summed E-state index contributed by atoms with van der Waals surface area (Å²) in [6.45, 7) is 3.83. The molecular formula is C53H94O12S. The van der Waals surface area contributed by atoms with Gasteiger partial charge in [-0.05, 0) is 77.0 Å². The Labute approximate surface area is 401 Å². The molecule has 0 radical (unpaired) electrons. The molecule has 384 valence electrons. The molecule has 1 aliphatic heterocycles. The van der Waals surface area contributed by atoms with Crippen LogP contribution in [-0.4, -0.2) is 97.5 Å². The molecule has 1 aliphatic rings. The molecule has 0 aromatic heterocycles. The number of hydrogen-bond donors (Lipinski definition) is 4. The minimum absolute atomic E-state index is 0.0223. The Morgan fingerprint density at radius 2 is 1.05 bits per heavy atom. The highest BCUT2D eigenvalue weighted by Crippen LogP contribution is 2.26. The first kappa shape index (κ1) is 61.8. The highest BCUT2D eigenvalue weighted by molar-refractivity contribution is 7.80. The van der Waals surface area contributed by atoms with Crippen molar-refractivity contribution in [2.75, 3.05) is 26.4 Å². The fourth-order valence-electron chi connectivity index (χ4n) is 7.72. The monoisotopic (exact) mass is 955 g/mol. The maximum Gasteiger partial charge on any atom is 0.397 e. The Balaban J connectivity index is 2.30. The molecule has 0 aliphatic carbocycles. The zero-order chi connectivity index (χ0) is 48.2. The minimum Gasteiger partial charge on any atom is -0.457 e. The van der Waals surface area contributed by atoms with Crippen LogP contribution in [0.25, 0.3) is 0 Å². The molecule has 1 rings (SSSR count). The molecular weight excluding hydrogens is 861 g/mol. The maximum atomic E-state index is 12.9. The van der Waals surface area contributed by atoms with Gasteiger partial charge in [-0.2, -0.15) is 8.42 Å². The first-order valence-corrected chi connectivity index (χ1v) is 27.4. The largest absolute Gasteiger partial charge is 0.457 e. The highest BCUT2D eigenvalue weighted by Gasteiger charge is 2.48. The number of aliphatic hydroxyl groups is 3. The van der Waals surface area contributed by atoms with E-state index in [-0.39, 0.29) is 19.6 Å². The van der Waals surface area contributed by atoms with Gasteiger partial charge < -0.3 is 34.3 Å². The van der Waals surface area contributed by atoms with E-state index in [1.54, 1.807) is 0 Å². The van der Waals surface area contributed by atoms with Crippen LogP contribution in [0, 0.1) is 0 Å². The van der Waals surface area contributed by atoms with Crippen LogP contribution >= 0.6 is 0 Å². The molecule has 12 nitrogen and oxygen atoms in total. The molecule has 6 atom stereocenters. The van der Waals surface area contributed by atoms with Crippen molar-refractivity contribution in [3.63, 3.8) is 0 Å². The van der Waals surface area contributed by atoms with E-state index in [0.29, 0.717) is 13.0 Å². The van der Waals surface area contributed by atoms with Crippen molar-refractivity contribution in [3.8, 4) is 0 Å². The van der Waals surface area contributed by atoms with Gasteiger partial charge >= 0.3 is 16.4 Å². The van der Waals surface area contributed by atoms with Gasteiger partial charge in [0.2, 0.25) is 0 Å². The Bertz CT molecular complexity index is 1380. The van der Waals surface area contributed by atoms with Crippen LogP contribution in [0.3, 0.4) is 0 Å². The van der Waals surface area contributed by atoms with Crippen molar-refractivity contribution in [3.05, 3.63) is 60.8 Å². The number of allylic oxidation sites excluding steroid dienone is 10. The average Bonchev–Trinajstić information content (AvgIpc) is 3.29. The molecule has 66 heavy (non-hydrogen) atoms. The molecule has 4 N–H and O–H groups in total. The van der Waals surface area contributed by atoms with Crippen LogP contribution in [-0.2, 0) is 38.3 Å². The quantitative estimate of drug-likeness (QED) is 0.0197. The van der Waals surface area contributed by atoms with Crippen LogP contribution < -0.4 is 0 Å². The van der Waals surface area contributed by atoms with Crippen LogP contribution in [0.1, 0.15) is 206 Å². The summed E-state index contributed by atoms with van der Waals surface area (Å²) >= 11 is 0. The van der Waals surface area contributed by atoms with Gasteiger partial charge in [0.15, 0.2) is 6.29 Å². The second-order valence-electron chi connectivity index (χ2n) is 17.7. The normalized spacial score (nSPS) is 20.0. The third-order valence-electron chi connectivity index (χ3n) is 11.6. The first-order valence-electron chi connectivity index (χ1n) is 26.0. The van der Waals surface area contributed by atoms with Crippen molar-refractivity contribution in [2.45, 2.75) is 243 Å². The van der Waals surface area contributed by atoms with Gasteiger partial charge in [0.1, 0.15) is 30.5 Å². The van der Waals surface area contributed by atoms with Crippen LogP contribution in [0.15, 0.2) is 60.8 Å². The summed E-state index contributed by atoms with van der Waals surface area (Å²) in [5.41, 5.74) is 0. The number of rotatable bonds is 45. The minimum atomic E-state index is -5.07. The molecule has 0 aromatic rings. The number of esters is 1. The smallest absolute Gasteiger partial charge is 0.397 e. The highest BCUT2D eigenvalue weighted by atomic mass is 32.3. The summed E-state index contributed by atoms with van der Waals surface area (Å²) in [5.74, 6) is -0.428. The number of carbonyl (C=O) groups is 1. The summed E-state index contributed by atoms with van der Waals surface area (Å²) in [6, 6.07) is 0. The molecule has 1 saturated heterocycles. The second kappa shape index (κ2) is 44.0. The molecule has 0 bridgehead atoms. The van der Waals surface area contributed by atoms with Crippen molar-refractivity contribution in [1.29, 1.82) is 0 Å². The van der Waals surface area contributed by atoms with Gasteiger partial charge in [0.05, 0.1) is 19.8 Å². The summed E-state index contributed by atoms with van der Waals surface area (Å²) in [4.78, 5) is 12.9. The lowest BCUT2D eigenvalue weighted by atomic mass is 9.99. The van der Waals surface area contributed by atoms with Gasteiger partial charge in [0.25, 0.3) is 0 Å². The lowest BCUT2D eigenvalue weighted by molar-refractivity contribution is -0.301. The number of ether oxygens (including phenoxy) is 4. The Morgan fingerprint density at radius 3 is 1.53 bits per heavy atom. The van der Waals surface area contributed by atoms with E-state index in [2.05, 4.69) is 78.8 Å². The summed E-state index contributed by atoms with van der Waals surface area (Å²) < 4.78 is 59.2. The lowest BCUT2D eigenvalue weighted by Gasteiger charge is -2.41. The molecule has 1 heterocycles.